The summed E-state index contributed by atoms with van der Waals surface area (Å²) >= 11 is 6.01. The second-order valence-electron chi connectivity index (χ2n) is 6.09. The Labute approximate surface area is 157 Å². The lowest BCUT2D eigenvalue weighted by molar-refractivity contribution is 0.102. The SMILES string of the molecule is NS(=O)(=O)c1ccc(Cl)c(C(=O)Nc2ccc(N3CCCCC3)cn2)c1. The molecular formula is C17H19ClN4O3S. The molecule has 1 aliphatic rings. The van der Waals surface area contributed by atoms with Crippen LogP contribution in [-0.4, -0.2) is 32.4 Å². The van der Waals surface area contributed by atoms with Crippen LogP contribution in [0.5, 0.6) is 0 Å². The van der Waals surface area contributed by atoms with Crippen molar-refractivity contribution in [3.63, 3.8) is 0 Å². The Balaban J connectivity index is 1.75. The first-order valence-corrected chi connectivity index (χ1v) is 10.1. The minimum Gasteiger partial charge on any atom is -0.370 e. The zero-order valence-electron chi connectivity index (χ0n) is 14.0. The fourth-order valence-corrected chi connectivity index (χ4v) is 3.58. The highest BCUT2D eigenvalue weighted by atomic mass is 35.5. The topological polar surface area (TPSA) is 105 Å². The Morgan fingerprint density at radius 2 is 1.88 bits per heavy atom. The van der Waals surface area contributed by atoms with Crippen LogP contribution < -0.4 is 15.4 Å². The number of benzene rings is 1. The van der Waals surface area contributed by atoms with Crippen molar-refractivity contribution in [3.05, 3.63) is 47.1 Å². The van der Waals surface area contributed by atoms with Crippen LogP contribution in [0.25, 0.3) is 0 Å². The largest absolute Gasteiger partial charge is 0.370 e. The van der Waals surface area contributed by atoms with Gasteiger partial charge in [-0.1, -0.05) is 11.6 Å². The molecule has 1 aromatic heterocycles. The summed E-state index contributed by atoms with van der Waals surface area (Å²) in [6.45, 7) is 2.01. The number of hydrogen-bond donors (Lipinski definition) is 2. The lowest BCUT2D eigenvalue weighted by atomic mass is 10.1. The number of hydrogen-bond acceptors (Lipinski definition) is 5. The first kappa shape index (κ1) is 18.6. The van der Waals surface area contributed by atoms with E-state index in [1.54, 1.807) is 12.3 Å². The molecule has 1 fully saturated rings. The molecule has 0 radical (unpaired) electrons. The van der Waals surface area contributed by atoms with Gasteiger partial charge in [0.25, 0.3) is 5.91 Å². The Bertz CT molecular complexity index is 910. The molecule has 0 saturated carbocycles. The van der Waals surface area contributed by atoms with Crippen molar-refractivity contribution in [2.75, 3.05) is 23.3 Å². The predicted molar refractivity (Wildman–Crippen MR) is 101 cm³/mol. The van der Waals surface area contributed by atoms with Crippen molar-refractivity contribution in [2.45, 2.75) is 24.2 Å². The van der Waals surface area contributed by atoms with Gasteiger partial charge in [0.15, 0.2) is 0 Å². The molecular weight excluding hydrogens is 376 g/mol. The third-order valence-electron chi connectivity index (χ3n) is 4.22. The smallest absolute Gasteiger partial charge is 0.258 e. The van der Waals surface area contributed by atoms with Gasteiger partial charge in [-0.15, -0.1) is 0 Å². The van der Waals surface area contributed by atoms with Crippen molar-refractivity contribution in [3.8, 4) is 0 Å². The summed E-state index contributed by atoms with van der Waals surface area (Å²) in [5, 5.41) is 7.84. The van der Waals surface area contributed by atoms with Crippen molar-refractivity contribution >= 4 is 39.0 Å². The second-order valence-corrected chi connectivity index (χ2v) is 8.06. The van der Waals surface area contributed by atoms with Gasteiger partial charge < -0.3 is 10.2 Å². The molecule has 7 nitrogen and oxygen atoms in total. The number of carbonyl (C=O) groups excluding carboxylic acids is 1. The van der Waals surface area contributed by atoms with E-state index in [1.807, 2.05) is 6.07 Å². The molecule has 2 heterocycles. The fraction of sp³-hybridized carbons (Fsp3) is 0.294. The zero-order valence-corrected chi connectivity index (χ0v) is 15.6. The molecule has 1 aliphatic heterocycles. The third-order valence-corrected chi connectivity index (χ3v) is 5.46. The Hall–Kier alpha value is -2.16. The number of anilines is 2. The average molecular weight is 395 g/mol. The van der Waals surface area contributed by atoms with E-state index in [0.717, 1.165) is 37.7 Å². The predicted octanol–water partition coefficient (Wildman–Crippen LogP) is 2.63. The molecule has 1 aromatic carbocycles. The average Bonchev–Trinajstić information content (AvgIpc) is 2.62. The lowest BCUT2D eigenvalue weighted by Gasteiger charge is -2.28. The third kappa shape index (κ3) is 4.32. The van der Waals surface area contributed by atoms with Gasteiger partial charge in [0.05, 0.1) is 27.4 Å². The Morgan fingerprint density at radius 3 is 2.50 bits per heavy atom. The van der Waals surface area contributed by atoms with E-state index in [1.165, 1.54) is 18.6 Å². The molecule has 0 bridgehead atoms. The molecule has 9 heteroatoms. The lowest BCUT2D eigenvalue weighted by Crippen LogP contribution is -2.29. The maximum absolute atomic E-state index is 12.4. The molecule has 26 heavy (non-hydrogen) atoms. The standard InChI is InChI=1S/C17H19ClN4O3S/c18-15-6-5-13(26(19,24)25)10-14(15)17(23)21-16-7-4-12(11-20-16)22-8-2-1-3-9-22/h4-7,10-11H,1-3,8-9H2,(H2,19,24,25)(H,20,21,23). The number of nitrogens with two attached hydrogens (primary N) is 1. The van der Waals surface area contributed by atoms with Gasteiger partial charge in [-0.3, -0.25) is 4.79 Å². The van der Waals surface area contributed by atoms with Crippen LogP contribution in [0.4, 0.5) is 11.5 Å². The van der Waals surface area contributed by atoms with Crippen LogP contribution in [0.2, 0.25) is 5.02 Å². The highest BCUT2D eigenvalue weighted by Gasteiger charge is 2.17. The number of halogens is 1. The number of sulfonamides is 1. The molecule has 0 aliphatic carbocycles. The monoisotopic (exact) mass is 394 g/mol. The number of nitrogens with one attached hydrogen (secondary N) is 1. The summed E-state index contributed by atoms with van der Waals surface area (Å²) in [4.78, 5) is 18.8. The van der Waals surface area contributed by atoms with Gasteiger partial charge >= 0.3 is 0 Å². The summed E-state index contributed by atoms with van der Waals surface area (Å²) in [5.74, 6) is -0.202. The number of pyridine rings is 1. The number of aromatic nitrogens is 1. The summed E-state index contributed by atoms with van der Waals surface area (Å²) in [5.41, 5.74) is 1.03. The first-order valence-electron chi connectivity index (χ1n) is 8.19. The summed E-state index contributed by atoms with van der Waals surface area (Å²) in [6.07, 6.45) is 5.29. The highest BCUT2D eigenvalue weighted by Crippen LogP contribution is 2.23. The molecule has 1 amide bonds. The minimum atomic E-state index is -3.93. The maximum atomic E-state index is 12.4. The summed E-state index contributed by atoms with van der Waals surface area (Å²) in [6, 6.07) is 7.33. The molecule has 3 rings (SSSR count). The molecule has 1 saturated heterocycles. The normalized spacial score (nSPS) is 14.9. The van der Waals surface area contributed by atoms with E-state index >= 15 is 0 Å². The summed E-state index contributed by atoms with van der Waals surface area (Å²) in [7, 11) is -3.93. The van der Waals surface area contributed by atoms with Crippen LogP contribution in [0.1, 0.15) is 29.6 Å². The van der Waals surface area contributed by atoms with Gasteiger partial charge in [-0.25, -0.2) is 18.5 Å². The van der Waals surface area contributed by atoms with Gasteiger partial charge in [0.2, 0.25) is 10.0 Å². The summed E-state index contributed by atoms with van der Waals surface area (Å²) < 4.78 is 22.9. The van der Waals surface area contributed by atoms with Crippen molar-refractivity contribution in [1.29, 1.82) is 0 Å². The van der Waals surface area contributed by atoms with Crippen LogP contribution >= 0.6 is 11.6 Å². The van der Waals surface area contributed by atoms with Gasteiger partial charge in [0.1, 0.15) is 5.82 Å². The van der Waals surface area contributed by atoms with E-state index in [-0.39, 0.29) is 15.5 Å². The number of amides is 1. The number of carbonyl (C=O) groups is 1. The van der Waals surface area contributed by atoms with Crippen LogP contribution in [0.3, 0.4) is 0 Å². The maximum Gasteiger partial charge on any atom is 0.258 e. The van der Waals surface area contributed by atoms with Crippen LogP contribution in [0.15, 0.2) is 41.4 Å². The van der Waals surface area contributed by atoms with E-state index < -0.39 is 15.9 Å². The molecule has 0 atom stereocenters. The molecule has 0 spiro atoms. The zero-order chi connectivity index (χ0) is 18.7. The van der Waals surface area contributed by atoms with E-state index in [0.29, 0.717) is 5.82 Å². The van der Waals surface area contributed by atoms with Crippen molar-refractivity contribution in [1.82, 2.24) is 4.98 Å². The molecule has 2 aromatic rings. The Morgan fingerprint density at radius 1 is 1.15 bits per heavy atom. The fourth-order valence-electron chi connectivity index (χ4n) is 2.84. The molecule has 0 unspecified atom stereocenters. The number of primary sulfonamides is 1. The number of nitrogens with zero attached hydrogens (tertiary/aromatic N) is 2. The quantitative estimate of drug-likeness (QED) is 0.829. The van der Waals surface area contributed by atoms with Gasteiger partial charge in [0, 0.05) is 13.1 Å². The molecule has 138 valence electrons. The van der Waals surface area contributed by atoms with Gasteiger partial charge in [-0.05, 0) is 49.6 Å². The van der Waals surface area contributed by atoms with E-state index in [9.17, 15) is 13.2 Å². The Kier molecular flexibility index (Phi) is 5.45. The number of piperidine rings is 1. The minimum absolute atomic E-state index is 0.0140. The van der Waals surface area contributed by atoms with Crippen molar-refractivity contribution in [2.24, 2.45) is 5.14 Å². The number of rotatable bonds is 4. The van der Waals surface area contributed by atoms with Crippen molar-refractivity contribution < 1.29 is 13.2 Å². The molecule has 3 N–H and O–H groups in total. The van der Waals surface area contributed by atoms with Gasteiger partial charge in [-0.2, -0.15) is 0 Å². The van der Waals surface area contributed by atoms with Crippen LogP contribution in [-0.2, 0) is 10.0 Å². The first-order chi connectivity index (χ1) is 12.3. The highest BCUT2D eigenvalue weighted by molar-refractivity contribution is 7.89. The second kappa shape index (κ2) is 7.61. The van der Waals surface area contributed by atoms with E-state index in [2.05, 4.69) is 15.2 Å². The van der Waals surface area contributed by atoms with Crippen LogP contribution in [0, 0.1) is 0 Å². The van der Waals surface area contributed by atoms with E-state index in [4.69, 9.17) is 16.7 Å².